The van der Waals surface area contributed by atoms with E-state index in [1.807, 2.05) is 0 Å². The Bertz CT molecular complexity index is 775. The summed E-state index contributed by atoms with van der Waals surface area (Å²) in [6, 6.07) is 9.23. The summed E-state index contributed by atoms with van der Waals surface area (Å²) < 4.78 is 31.3. The van der Waals surface area contributed by atoms with Crippen molar-refractivity contribution in [3.8, 4) is 5.75 Å². The first-order valence-corrected chi connectivity index (χ1v) is 7.43. The number of benzene rings is 2. The van der Waals surface area contributed by atoms with Gasteiger partial charge >= 0.3 is 0 Å². The van der Waals surface area contributed by atoms with Gasteiger partial charge in [-0.2, -0.15) is 0 Å². The van der Waals surface area contributed by atoms with Crippen LogP contribution in [0.15, 0.2) is 48.5 Å². The number of amides is 2. The molecule has 0 saturated carbocycles. The number of hydrogen-bond acceptors (Lipinski definition) is 3. The first-order valence-electron chi connectivity index (χ1n) is 7.05. The zero-order valence-corrected chi connectivity index (χ0v) is 13.5. The molecule has 2 amide bonds. The first-order chi connectivity index (χ1) is 12.0. The van der Waals surface area contributed by atoms with E-state index in [-0.39, 0.29) is 17.2 Å². The number of rotatable bonds is 5. The molecule has 0 unspecified atom stereocenters. The van der Waals surface area contributed by atoms with Crippen LogP contribution in [0.1, 0.15) is 5.56 Å². The van der Waals surface area contributed by atoms with Crippen molar-refractivity contribution >= 4 is 29.5 Å². The monoisotopic (exact) mass is 366 g/mol. The van der Waals surface area contributed by atoms with Gasteiger partial charge in [-0.25, -0.2) is 8.78 Å². The molecule has 0 atom stereocenters. The van der Waals surface area contributed by atoms with E-state index in [9.17, 15) is 18.4 Å². The Labute approximate surface area is 147 Å². The Morgan fingerprint density at radius 1 is 1.08 bits per heavy atom. The molecule has 2 N–H and O–H groups in total. The number of ether oxygens (including phenoxy) is 1. The average Bonchev–Trinajstić information content (AvgIpc) is 2.59. The predicted octanol–water partition coefficient (Wildman–Crippen LogP) is 2.86. The molecule has 0 saturated heterocycles. The molecule has 0 heterocycles. The molecule has 2 aromatic rings. The van der Waals surface area contributed by atoms with E-state index in [0.29, 0.717) is 5.75 Å². The molecule has 130 valence electrons. The van der Waals surface area contributed by atoms with Gasteiger partial charge in [0.15, 0.2) is 6.61 Å². The van der Waals surface area contributed by atoms with Gasteiger partial charge in [0.05, 0.1) is 5.02 Å². The van der Waals surface area contributed by atoms with Crippen LogP contribution in [0.4, 0.5) is 8.78 Å². The highest BCUT2D eigenvalue weighted by Gasteiger charge is 2.06. The van der Waals surface area contributed by atoms with Crippen molar-refractivity contribution < 1.29 is 23.1 Å². The quantitative estimate of drug-likeness (QED) is 0.631. The molecular formula is C17H13ClF2N2O3. The second-order valence-corrected chi connectivity index (χ2v) is 5.16. The van der Waals surface area contributed by atoms with Crippen LogP contribution >= 0.6 is 11.6 Å². The minimum absolute atomic E-state index is 0.0605. The highest BCUT2D eigenvalue weighted by molar-refractivity contribution is 6.32. The van der Waals surface area contributed by atoms with Crippen LogP contribution in [0.25, 0.3) is 6.08 Å². The minimum Gasteiger partial charge on any atom is -0.484 e. The van der Waals surface area contributed by atoms with E-state index in [4.69, 9.17) is 16.3 Å². The third kappa shape index (κ3) is 5.89. The van der Waals surface area contributed by atoms with Gasteiger partial charge in [-0.1, -0.05) is 17.7 Å². The van der Waals surface area contributed by atoms with E-state index < -0.39 is 23.4 Å². The lowest BCUT2D eigenvalue weighted by molar-refractivity contribution is -0.128. The zero-order valence-electron chi connectivity index (χ0n) is 12.8. The van der Waals surface area contributed by atoms with E-state index in [1.54, 1.807) is 0 Å². The fourth-order valence-electron chi connectivity index (χ4n) is 1.72. The van der Waals surface area contributed by atoms with Crippen molar-refractivity contribution in [2.45, 2.75) is 0 Å². The van der Waals surface area contributed by atoms with Crippen LogP contribution in [0.3, 0.4) is 0 Å². The maximum Gasteiger partial charge on any atom is 0.276 e. The molecule has 8 heteroatoms. The summed E-state index contributed by atoms with van der Waals surface area (Å²) in [5.41, 5.74) is 4.28. The number of carbonyl (C=O) groups excluding carboxylic acids is 2. The molecule has 2 aromatic carbocycles. The van der Waals surface area contributed by atoms with Crippen molar-refractivity contribution in [2.75, 3.05) is 6.61 Å². The molecule has 0 aliphatic heterocycles. The first kappa shape index (κ1) is 18.4. The molecule has 0 aliphatic rings. The molecule has 0 bridgehead atoms. The summed E-state index contributed by atoms with van der Waals surface area (Å²) >= 11 is 5.82. The Hall–Kier alpha value is -2.93. The van der Waals surface area contributed by atoms with Crippen LogP contribution in [-0.2, 0) is 9.59 Å². The number of carbonyl (C=O) groups is 2. The fraction of sp³-hybridized carbons (Fsp3) is 0.0588. The third-order valence-electron chi connectivity index (χ3n) is 2.91. The summed E-state index contributed by atoms with van der Waals surface area (Å²) in [7, 11) is 0. The van der Waals surface area contributed by atoms with Crippen molar-refractivity contribution in [3.05, 3.63) is 70.8 Å². The molecule has 2 rings (SSSR count). The minimum atomic E-state index is -0.686. The van der Waals surface area contributed by atoms with E-state index in [0.717, 1.165) is 6.08 Å². The average molecular weight is 367 g/mol. The van der Waals surface area contributed by atoms with Gasteiger partial charge < -0.3 is 4.74 Å². The summed E-state index contributed by atoms with van der Waals surface area (Å²) in [5, 5.41) is 0.154. The number of halogens is 3. The van der Waals surface area contributed by atoms with Gasteiger partial charge in [-0.3, -0.25) is 20.4 Å². The summed E-state index contributed by atoms with van der Waals surface area (Å²) in [4.78, 5) is 23.1. The lowest BCUT2D eigenvalue weighted by Crippen LogP contribution is -2.43. The zero-order chi connectivity index (χ0) is 18.2. The molecule has 0 fully saturated rings. The molecule has 0 aromatic heterocycles. The predicted molar refractivity (Wildman–Crippen MR) is 88.6 cm³/mol. The smallest absolute Gasteiger partial charge is 0.276 e. The van der Waals surface area contributed by atoms with Crippen molar-refractivity contribution in [1.82, 2.24) is 10.9 Å². The van der Waals surface area contributed by atoms with Gasteiger partial charge in [-0.15, -0.1) is 0 Å². The molecule has 25 heavy (non-hydrogen) atoms. The van der Waals surface area contributed by atoms with Crippen LogP contribution < -0.4 is 15.6 Å². The van der Waals surface area contributed by atoms with Crippen molar-refractivity contribution in [2.24, 2.45) is 0 Å². The number of hydrogen-bond donors (Lipinski definition) is 2. The van der Waals surface area contributed by atoms with E-state index in [1.165, 1.54) is 48.5 Å². The highest BCUT2D eigenvalue weighted by Crippen LogP contribution is 2.20. The van der Waals surface area contributed by atoms with Gasteiger partial charge in [-0.05, 0) is 42.5 Å². The molecule has 0 aliphatic carbocycles. The van der Waals surface area contributed by atoms with Crippen LogP contribution in [0.2, 0.25) is 5.02 Å². The van der Waals surface area contributed by atoms with Gasteiger partial charge in [0.25, 0.3) is 11.8 Å². The Balaban J connectivity index is 1.78. The summed E-state index contributed by atoms with van der Waals surface area (Å²) in [6.45, 7) is -0.380. The van der Waals surface area contributed by atoms with Crippen LogP contribution in [0, 0.1) is 11.6 Å². The summed E-state index contributed by atoms with van der Waals surface area (Å²) in [6.07, 6.45) is 2.21. The van der Waals surface area contributed by atoms with Crippen LogP contribution in [-0.4, -0.2) is 18.4 Å². The fourth-order valence-corrected chi connectivity index (χ4v) is 1.94. The molecule has 0 spiro atoms. The summed E-state index contributed by atoms with van der Waals surface area (Å²) in [5.74, 6) is -2.01. The highest BCUT2D eigenvalue weighted by atomic mass is 35.5. The lowest BCUT2D eigenvalue weighted by atomic mass is 10.2. The second-order valence-electron chi connectivity index (χ2n) is 4.75. The normalized spacial score (nSPS) is 10.5. The largest absolute Gasteiger partial charge is 0.484 e. The Morgan fingerprint density at radius 2 is 1.80 bits per heavy atom. The van der Waals surface area contributed by atoms with E-state index >= 15 is 0 Å². The Morgan fingerprint density at radius 3 is 2.48 bits per heavy atom. The second kappa shape index (κ2) is 8.79. The van der Waals surface area contributed by atoms with Gasteiger partial charge in [0.1, 0.15) is 17.4 Å². The van der Waals surface area contributed by atoms with E-state index in [2.05, 4.69) is 10.9 Å². The maximum atomic E-state index is 13.5. The third-order valence-corrected chi connectivity index (χ3v) is 3.24. The van der Waals surface area contributed by atoms with Gasteiger partial charge in [0, 0.05) is 11.6 Å². The molecule has 5 nitrogen and oxygen atoms in total. The maximum absolute atomic E-state index is 13.5. The van der Waals surface area contributed by atoms with Gasteiger partial charge in [0.2, 0.25) is 0 Å². The van der Waals surface area contributed by atoms with Crippen molar-refractivity contribution in [1.29, 1.82) is 0 Å². The SMILES string of the molecule is O=C(/C=C/c1c(F)cccc1Cl)NNC(=O)COc1ccc(F)cc1. The lowest BCUT2D eigenvalue weighted by Gasteiger charge is -2.07. The standard InChI is InChI=1S/C17H13ClF2N2O3/c18-14-2-1-3-15(20)13(14)8-9-16(23)21-22-17(24)10-25-12-6-4-11(19)5-7-12/h1-9H,10H2,(H,21,23)(H,22,24)/b9-8+. The molecule has 0 radical (unpaired) electrons. The van der Waals surface area contributed by atoms with Crippen LogP contribution in [0.5, 0.6) is 5.75 Å². The number of nitrogens with one attached hydrogen (secondary N) is 2. The topological polar surface area (TPSA) is 67.4 Å². The number of hydrazine groups is 1. The molecular weight excluding hydrogens is 354 g/mol. The Kier molecular flexibility index (Phi) is 6.47. The van der Waals surface area contributed by atoms with Crippen molar-refractivity contribution in [3.63, 3.8) is 0 Å².